The molecule has 1 aromatic rings. The molecule has 1 aliphatic rings. The van der Waals surface area contributed by atoms with Crippen molar-refractivity contribution in [2.75, 3.05) is 17.6 Å². The van der Waals surface area contributed by atoms with Crippen molar-refractivity contribution in [3.63, 3.8) is 0 Å². The quantitative estimate of drug-likeness (QED) is 0.597. The molecule has 0 radical (unpaired) electrons. The second-order valence-corrected chi connectivity index (χ2v) is 4.47. The molecule has 2 rings (SSSR count). The fourth-order valence-corrected chi connectivity index (χ4v) is 2.24. The molecule has 0 saturated heterocycles. The Bertz CT molecular complexity index is 373. The van der Waals surface area contributed by atoms with Crippen molar-refractivity contribution >= 4 is 11.4 Å². The summed E-state index contributed by atoms with van der Waals surface area (Å²) in [6.07, 6.45) is 7.41. The topological polar surface area (TPSA) is 38.0 Å². The molecule has 16 heavy (non-hydrogen) atoms. The van der Waals surface area contributed by atoms with Gasteiger partial charge in [-0.1, -0.05) is 23.8 Å². The summed E-state index contributed by atoms with van der Waals surface area (Å²) in [6.45, 7) is 3.08. The monoisotopic (exact) mass is 216 g/mol. The minimum atomic E-state index is 0.848. The van der Waals surface area contributed by atoms with Crippen LogP contribution in [-0.2, 0) is 0 Å². The molecule has 2 nitrogen and oxygen atoms in total. The van der Waals surface area contributed by atoms with Crippen molar-refractivity contribution in [3.05, 3.63) is 35.4 Å². The summed E-state index contributed by atoms with van der Waals surface area (Å²) >= 11 is 0. The number of nitrogens with one attached hydrogen (secondary N) is 1. The lowest BCUT2D eigenvalue weighted by atomic mass is 10.1. The number of hydrogen-bond donors (Lipinski definition) is 2. The van der Waals surface area contributed by atoms with E-state index in [4.69, 9.17) is 5.73 Å². The highest BCUT2D eigenvalue weighted by atomic mass is 14.9. The molecule has 0 fully saturated rings. The first-order valence-electron chi connectivity index (χ1n) is 6.04. The number of anilines is 2. The second kappa shape index (κ2) is 5.06. The maximum absolute atomic E-state index is 5.94. The summed E-state index contributed by atoms with van der Waals surface area (Å²) in [4.78, 5) is 0. The van der Waals surface area contributed by atoms with Crippen LogP contribution in [0.2, 0.25) is 0 Å². The van der Waals surface area contributed by atoms with E-state index in [2.05, 4.69) is 24.4 Å². The van der Waals surface area contributed by atoms with E-state index in [9.17, 15) is 0 Å². The fraction of sp³-hybridized carbons (Fsp3) is 0.429. The molecule has 0 aromatic heterocycles. The predicted octanol–water partition coefficient (Wildman–Crippen LogP) is 3.49. The minimum absolute atomic E-state index is 0.848. The van der Waals surface area contributed by atoms with Crippen molar-refractivity contribution in [1.29, 1.82) is 0 Å². The van der Waals surface area contributed by atoms with Crippen LogP contribution in [0.1, 0.15) is 31.2 Å². The van der Waals surface area contributed by atoms with E-state index in [-0.39, 0.29) is 0 Å². The molecule has 0 unspecified atom stereocenters. The molecule has 0 bridgehead atoms. The van der Waals surface area contributed by atoms with Crippen LogP contribution in [0.25, 0.3) is 0 Å². The molecule has 1 aromatic carbocycles. The molecule has 0 heterocycles. The van der Waals surface area contributed by atoms with E-state index in [1.165, 1.54) is 24.8 Å². The number of nitrogens with two attached hydrogens (primary N) is 1. The van der Waals surface area contributed by atoms with Crippen LogP contribution in [-0.4, -0.2) is 6.54 Å². The Morgan fingerprint density at radius 1 is 1.38 bits per heavy atom. The zero-order chi connectivity index (χ0) is 11.4. The Labute approximate surface area is 97.5 Å². The van der Waals surface area contributed by atoms with Crippen LogP contribution in [0.5, 0.6) is 0 Å². The molecule has 0 saturated carbocycles. The molecular formula is C14H20N2. The SMILES string of the molecule is Cc1cccc(N)c1NCCC1=CCCC1. The lowest BCUT2D eigenvalue weighted by molar-refractivity contribution is 0.863. The van der Waals surface area contributed by atoms with Crippen molar-refractivity contribution < 1.29 is 0 Å². The normalized spacial score (nSPS) is 14.9. The predicted molar refractivity (Wildman–Crippen MR) is 70.6 cm³/mol. The zero-order valence-corrected chi connectivity index (χ0v) is 9.92. The van der Waals surface area contributed by atoms with Crippen LogP contribution in [0.15, 0.2) is 29.8 Å². The van der Waals surface area contributed by atoms with Gasteiger partial charge in [-0.2, -0.15) is 0 Å². The summed E-state index contributed by atoms with van der Waals surface area (Å²) < 4.78 is 0. The maximum Gasteiger partial charge on any atom is 0.0603 e. The lowest BCUT2D eigenvalue weighted by Gasteiger charge is -2.12. The summed E-state index contributed by atoms with van der Waals surface area (Å²) in [6, 6.07) is 6.03. The summed E-state index contributed by atoms with van der Waals surface area (Å²) in [7, 11) is 0. The standard InChI is InChI=1S/C14H20N2/c1-11-5-4-8-13(15)14(11)16-10-9-12-6-2-3-7-12/h4-6,8,16H,2-3,7,9-10,15H2,1H3. The van der Waals surface area contributed by atoms with Gasteiger partial charge in [0.1, 0.15) is 0 Å². The number of para-hydroxylation sites is 1. The summed E-state index contributed by atoms with van der Waals surface area (Å²) in [5, 5.41) is 3.44. The maximum atomic E-state index is 5.94. The zero-order valence-electron chi connectivity index (χ0n) is 9.92. The molecule has 0 amide bonds. The molecular weight excluding hydrogens is 196 g/mol. The van der Waals surface area contributed by atoms with Crippen LogP contribution in [0, 0.1) is 6.92 Å². The third kappa shape index (κ3) is 2.57. The number of hydrogen-bond acceptors (Lipinski definition) is 2. The van der Waals surface area contributed by atoms with E-state index in [1.807, 2.05) is 12.1 Å². The Morgan fingerprint density at radius 3 is 2.94 bits per heavy atom. The molecule has 86 valence electrons. The minimum Gasteiger partial charge on any atom is -0.397 e. The van der Waals surface area contributed by atoms with Crippen LogP contribution < -0.4 is 11.1 Å². The van der Waals surface area contributed by atoms with Crippen molar-refractivity contribution in [3.8, 4) is 0 Å². The third-order valence-corrected chi connectivity index (χ3v) is 3.19. The highest BCUT2D eigenvalue weighted by molar-refractivity contribution is 5.69. The third-order valence-electron chi connectivity index (χ3n) is 3.19. The molecule has 2 heteroatoms. The second-order valence-electron chi connectivity index (χ2n) is 4.47. The van der Waals surface area contributed by atoms with Gasteiger partial charge < -0.3 is 11.1 Å². The first kappa shape index (κ1) is 11.1. The van der Waals surface area contributed by atoms with Gasteiger partial charge in [-0.15, -0.1) is 0 Å². The van der Waals surface area contributed by atoms with E-state index in [0.717, 1.165) is 24.3 Å². The van der Waals surface area contributed by atoms with Gasteiger partial charge in [0.05, 0.1) is 11.4 Å². The van der Waals surface area contributed by atoms with Gasteiger partial charge in [0.15, 0.2) is 0 Å². The fourth-order valence-electron chi connectivity index (χ4n) is 2.24. The van der Waals surface area contributed by atoms with Gasteiger partial charge in [-0.25, -0.2) is 0 Å². The van der Waals surface area contributed by atoms with E-state index >= 15 is 0 Å². The smallest absolute Gasteiger partial charge is 0.0603 e. The van der Waals surface area contributed by atoms with Crippen LogP contribution in [0.3, 0.4) is 0 Å². The van der Waals surface area contributed by atoms with Gasteiger partial charge in [0.2, 0.25) is 0 Å². The Balaban J connectivity index is 1.89. The molecule has 3 N–H and O–H groups in total. The molecule has 0 atom stereocenters. The highest BCUT2D eigenvalue weighted by Gasteiger charge is 2.05. The molecule has 0 aliphatic heterocycles. The Hall–Kier alpha value is -1.44. The van der Waals surface area contributed by atoms with Crippen molar-refractivity contribution in [2.45, 2.75) is 32.6 Å². The summed E-state index contributed by atoms with van der Waals surface area (Å²) in [5.74, 6) is 0. The molecule has 1 aliphatic carbocycles. The van der Waals surface area contributed by atoms with Gasteiger partial charge in [0.25, 0.3) is 0 Å². The number of allylic oxidation sites excluding steroid dienone is 1. The lowest BCUT2D eigenvalue weighted by Crippen LogP contribution is -2.06. The average Bonchev–Trinajstić information content (AvgIpc) is 2.75. The van der Waals surface area contributed by atoms with Gasteiger partial charge in [0, 0.05) is 6.54 Å². The molecule has 0 spiro atoms. The largest absolute Gasteiger partial charge is 0.397 e. The van der Waals surface area contributed by atoms with Gasteiger partial charge in [-0.3, -0.25) is 0 Å². The van der Waals surface area contributed by atoms with Crippen LogP contribution >= 0.6 is 0 Å². The number of rotatable bonds is 4. The van der Waals surface area contributed by atoms with Gasteiger partial charge >= 0.3 is 0 Å². The summed E-state index contributed by atoms with van der Waals surface area (Å²) in [5.41, 5.74) is 10.7. The Kier molecular flexibility index (Phi) is 3.50. The highest BCUT2D eigenvalue weighted by Crippen LogP contribution is 2.24. The Morgan fingerprint density at radius 2 is 2.25 bits per heavy atom. The van der Waals surface area contributed by atoms with E-state index in [0.29, 0.717) is 0 Å². The first-order valence-corrected chi connectivity index (χ1v) is 6.04. The number of nitrogen functional groups attached to an aromatic ring is 1. The number of benzene rings is 1. The first-order chi connectivity index (χ1) is 7.77. The van der Waals surface area contributed by atoms with Crippen LogP contribution in [0.4, 0.5) is 11.4 Å². The van der Waals surface area contributed by atoms with Crippen molar-refractivity contribution in [1.82, 2.24) is 0 Å². The van der Waals surface area contributed by atoms with E-state index in [1.54, 1.807) is 5.57 Å². The van der Waals surface area contributed by atoms with Gasteiger partial charge in [-0.05, 0) is 44.2 Å². The average molecular weight is 216 g/mol. The number of aryl methyl sites for hydroxylation is 1. The van der Waals surface area contributed by atoms with E-state index < -0.39 is 0 Å². The van der Waals surface area contributed by atoms with Crippen molar-refractivity contribution in [2.24, 2.45) is 0 Å².